The molecule has 3 aliphatic carbocycles. The van der Waals surface area contributed by atoms with Crippen molar-refractivity contribution in [2.75, 3.05) is 9.80 Å². The second kappa shape index (κ2) is 13.0. The number of hydrogen-bond acceptors (Lipinski definition) is 3. The van der Waals surface area contributed by atoms with Crippen LogP contribution < -0.4 is 20.0 Å². The average molecular weight is 761 g/mol. The lowest BCUT2D eigenvalue weighted by molar-refractivity contribution is 0.293. The first-order valence-corrected chi connectivity index (χ1v) is 22.6. The van der Waals surface area contributed by atoms with Crippen molar-refractivity contribution >= 4 is 45.4 Å². The molecule has 4 heteroatoms. The molecule has 1 saturated carbocycles. The van der Waals surface area contributed by atoms with E-state index in [0.29, 0.717) is 30.5 Å². The van der Waals surface area contributed by atoms with Crippen molar-refractivity contribution in [3.63, 3.8) is 0 Å². The van der Waals surface area contributed by atoms with Crippen molar-refractivity contribution in [1.29, 1.82) is 0 Å². The van der Waals surface area contributed by atoms with E-state index in [1.54, 1.807) is 31.9 Å². The minimum Gasteiger partial charge on any atom is -0.343 e. The van der Waals surface area contributed by atoms with Gasteiger partial charge in [0.2, 0.25) is 6.71 Å². The Hall–Kier alpha value is -3.50. The molecule has 0 amide bonds. The topological polar surface area (TPSA) is 6.48 Å². The number of anilines is 3. The van der Waals surface area contributed by atoms with Crippen LogP contribution in [0.5, 0.6) is 0 Å². The largest absolute Gasteiger partial charge is 0.343 e. The molecule has 9 rings (SSSR count). The van der Waals surface area contributed by atoms with E-state index in [2.05, 4.69) is 183 Å². The van der Waals surface area contributed by atoms with Crippen molar-refractivity contribution in [1.82, 2.24) is 0 Å². The lowest BCUT2D eigenvalue weighted by Gasteiger charge is -2.59. The molecule has 292 valence electrons. The first-order valence-electron chi connectivity index (χ1n) is 21.8. The van der Waals surface area contributed by atoms with Crippen molar-refractivity contribution < 1.29 is 0 Å². The molecule has 1 aromatic heterocycles. The Labute approximate surface area is 343 Å². The predicted octanol–water partition coefficient (Wildman–Crippen LogP) is 13.1. The van der Waals surface area contributed by atoms with E-state index in [4.69, 9.17) is 0 Å². The summed E-state index contributed by atoms with van der Waals surface area (Å²) in [5.41, 5.74) is 16.8. The van der Waals surface area contributed by atoms with Gasteiger partial charge < -0.3 is 9.80 Å². The summed E-state index contributed by atoms with van der Waals surface area (Å²) in [6.45, 7) is 29.8. The number of thiophene rings is 1. The van der Waals surface area contributed by atoms with Crippen LogP contribution >= 0.6 is 11.3 Å². The molecule has 1 fully saturated rings. The Balaban J connectivity index is 1.35. The Kier molecular flexibility index (Phi) is 8.84. The van der Waals surface area contributed by atoms with Crippen LogP contribution in [0.2, 0.25) is 5.82 Å². The van der Waals surface area contributed by atoms with Crippen LogP contribution in [0.4, 0.5) is 17.1 Å². The van der Waals surface area contributed by atoms with Gasteiger partial charge in [-0.25, -0.2) is 0 Å². The minimum atomic E-state index is 0.0723. The van der Waals surface area contributed by atoms with E-state index in [9.17, 15) is 0 Å². The third-order valence-electron chi connectivity index (χ3n) is 14.8. The lowest BCUT2D eigenvalue weighted by atomic mass is 9.28. The van der Waals surface area contributed by atoms with E-state index >= 15 is 0 Å². The number of rotatable bonds is 3. The molecular weight excluding hydrogens is 695 g/mol. The summed E-state index contributed by atoms with van der Waals surface area (Å²) >= 11 is 2.21. The maximum absolute atomic E-state index is 2.98. The third kappa shape index (κ3) is 6.01. The monoisotopic (exact) mass is 760 g/mol. The number of aryl methyl sites for hydroxylation is 1. The standard InChI is InChI=1S/C52H65BN2S/c1-32-28-42-45-43(29-32)55(41-30-35(19-18-33(41)2)34-16-14-13-15-17-34)46-44-47(52(11,12)27-26-51(44,9)10)56-48(46)53(45)39-31-37(50(6,7)8)22-25-40(39)54(42)38-23-20-36(21-24-38)49(3,4)5/h13-20,22-23,25,30-32,42-43,45H,21,24,26-29H2,1-12H3/t32?,42?,43-,45?/m0/s1. The molecular formula is C52H65BN2S. The van der Waals surface area contributed by atoms with Crippen molar-refractivity contribution in [3.05, 3.63) is 112 Å². The number of nitrogens with zero attached hydrogens (tertiary/aromatic N) is 2. The Morgan fingerprint density at radius 3 is 2.07 bits per heavy atom. The van der Waals surface area contributed by atoms with Gasteiger partial charge in [0.1, 0.15) is 0 Å². The zero-order chi connectivity index (χ0) is 39.7. The first kappa shape index (κ1) is 38.0. The molecule has 56 heavy (non-hydrogen) atoms. The number of allylic oxidation sites excluding steroid dienone is 4. The first-order chi connectivity index (χ1) is 26.3. The molecule has 0 radical (unpaired) electrons. The molecule has 4 aromatic rings. The van der Waals surface area contributed by atoms with Crippen LogP contribution in [-0.4, -0.2) is 18.8 Å². The highest BCUT2D eigenvalue weighted by atomic mass is 32.1. The van der Waals surface area contributed by atoms with Crippen LogP contribution in [0.3, 0.4) is 0 Å². The fourth-order valence-corrected chi connectivity index (χ4v) is 13.3. The zero-order valence-electron chi connectivity index (χ0n) is 36.4. The van der Waals surface area contributed by atoms with Crippen LogP contribution in [0.15, 0.2) is 90.2 Å². The molecule has 3 heterocycles. The van der Waals surface area contributed by atoms with Gasteiger partial charge in [0.25, 0.3) is 0 Å². The van der Waals surface area contributed by atoms with Gasteiger partial charge in [-0.2, -0.15) is 11.3 Å². The second-order valence-electron chi connectivity index (χ2n) is 21.8. The van der Waals surface area contributed by atoms with E-state index in [1.807, 2.05) is 0 Å². The highest BCUT2D eigenvalue weighted by Gasteiger charge is 2.59. The molecule has 2 aliphatic heterocycles. The molecule has 0 N–H and O–H groups in total. The Morgan fingerprint density at radius 1 is 0.714 bits per heavy atom. The fraction of sp³-hybridized carbons (Fsp3) is 0.500. The van der Waals surface area contributed by atoms with Gasteiger partial charge in [0.05, 0.1) is 5.69 Å². The number of benzene rings is 3. The smallest absolute Gasteiger partial charge is 0.235 e. The molecule has 0 saturated heterocycles. The zero-order valence-corrected chi connectivity index (χ0v) is 37.3. The van der Waals surface area contributed by atoms with Gasteiger partial charge in [-0.3, -0.25) is 0 Å². The molecule has 0 bridgehead atoms. The molecule has 5 aliphatic rings. The summed E-state index contributed by atoms with van der Waals surface area (Å²) in [6.07, 6.45) is 12.2. The van der Waals surface area contributed by atoms with Crippen LogP contribution in [-0.2, 0) is 16.2 Å². The highest BCUT2D eigenvalue weighted by Crippen LogP contribution is 2.59. The summed E-state index contributed by atoms with van der Waals surface area (Å²) in [6, 6.07) is 26.9. The molecule has 3 unspecified atom stereocenters. The summed E-state index contributed by atoms with van der Waals surface area (Å²) in [5.74, 6) is 1.09. The van der Waals surface area contributed by atoms with Crippen LogP contribution in [0.25, 0.3) is 11.1 Å². The van der Waals surface area contributed by atoms with E-state index < -0.39 is 0 Å². The SMILES string of the molecule is Cc1ccc(-c2ccccc2)cc1N1c2c(sc3c2C(C)(C)CCC3(C)C)B2c3cc(C(C)(C)C)ccc3N(C3=CC=C(C(C)(C)C)CC3)C3CC(C)C[C@H]1C23. The predicted molar refractivity (Wildman–Crippen MR) is 246 cm³/mol. The Morgan fingerprint density at radius 2 is 1.41 bits per heavy atom. The van der Waals surface area contributed by atoms with Gasteiger partial charge in [0, 0.05) is 38.8 Å². The van der Waals surface area contributed by atoms with E-state index in [0.717, 1.165) is 12.8 Å². The van der Waals surface area contributed by atoms with Crippen molar-refractivity contribution in [3.8, 4) is 11.1 Å². The number of hydrogen-bond donors (Lipinski definition) is 0. The quantitative estimate of drug-likeness (QED) is 0.192. The maximum atomic E-state index is 2.98. The van der Waals surface area contributed by atoms with Gasteiger partial charge in [-0.15, -0.1) is 0 Å². The molecule has 2 nitrogen and oxygen atoms in total. The summed E-state index contributed by atoms with van der Waals surface area (Å²) in [4.78, 5) is 7.53. The number of fused-ring (bicyclic) bond motifs is 6. The van der Waals surface area contributed by atoms with Gasteiger partial charge >= 0.3 is 0 Å². The summed E-state index contributed by atoms with van der Waals surface area (Å²) in [5, 5.41) is 0. The summed E-state index contributed by atoms with van der Waals surface area (Å²) < 4.78 is 1.64. The maximum Gasteiger partial charge on any atom is 0.235 e. The second-order valence-corrected chi connectivity index (χ2v) is 22.8. The summed E-state index contributed by atoms with van der Waals surface area (Å²) in [7, 11) is 0. The van der Waals surface area contributed by atoms with Crippen LogP contribution in [0, 0.1) is 18.3 Å². The molecule has 4 atom stereocenters. The van der Waals surface area contributed by atoms with Gasteiger partial charge in [-0.1, -0.05) is 142 Å². The lowest BCUT2D eigenvalue weighted by Crippen LogP contribution is -2.69. The molecule has 3 aromatic carbocycles. The minimum absolute atomic E-state index is 0.0723. The molecule has 0 spiro atoms. The normalized spacial score (nSPS) is 25.1. The van der Waals surface area contributed by atoms with Crippen LogP contribution in [0.1, 0.15) is 136 Å². The highest BCUT2D eigenvalue weighted by molar-refractivity contribution is 7.27. The van der Waals surface area contributed by atoms with Gasteiger partial charge in [-0.05, 0) is 130 Å². The Bertz CT molecular complexity index is 2260. The third-order valence-corrected chi connectivity index (χ3v) is 16.4. The average Bonchev–Trinajstić information content (AvgIpc) is 3.56. The van der Waals surface area contributed by atoms with E-state index in [-0.39, 0.29) is 21.7 Å². The van der Waals surface area contributed by atoms with Crippen molar-refractivity contribution in [2.45, 2.75) is 156 Å². The van der Waals surface area contributed by atoms with Gasteiger partial charge in [0.15, 0.2) is 0 Å². The van der Waals surface area contributed by atoms with Crippen molar-refractivity contribution in [2.24, 2.45) is 11.3 Å². The van der Waals surface area contributed by atoms with E-state index in [1.165, 1.54) is 65.0 Å². The fourth-order valence-electron chi connectivity index (χ4n) is 11.5.